The monoisotopic (exact) mass is 1870 g/mol. The molecule has 8 aromatic heterocycles. The summed E-state index contributed by atoms with van der Waals surface area (Å²) in [5, 5.41) is 16.9. The van der Waals surface area contributed by atoms with Gasteiger partial charge in [0.25, 0.3) is 0 Å². The summed E-state index contributed by atoms with van der Waals surface area (Å²) < 4.78 is 52.5. The first-order valence-corrected chi connectivity index (χ1v) is 50.1. The predicted octanol–water partition coefficient (Wildman–Crippen LogP) is 39.9. The Bertz CT molecular complexity index is 10200. The summed E-state index contributed by atoms with van der Waals surface area (Å²) in [7, 11) is 0. The highest BCUT2D eigenvalue weighted by atomic mass is 16.4. The maximum Gasteiger partial charge on any atom is 0.178 e. The molecule has 0 spiro atoms. The number of hydrogen-bond acceptors (Lipinski definition) is 8. The van der Waals surface area contributed by atoms with Gasteiger partial charge >= 0.3 is 0 Å². The van der Waals surface area contributed by atoms with Crippen LogP contribution in [0.1, 0.15) is 49.9 Å². The van der Waals surface area contributed by atoms with E-state index in [1.54, 1.807) is 0 Å². The highest BCUT2D eigenvalue weighted by molar-refractivity contribution is 6.24. The van der Waals surface area contributed by atoms with E-state index in [4.69, 9.17) is 35.3 Å². The van der Waals surface area contributed by atoms with Gasteiger partial charge in [-0.3, -0.25) is 0 Å². The van der Waals surface area contributed by atoms with Crippen LogP contribution in [0.4, 0.5) is 0 Å². The molecule has 0 unspecified atom stereocenters. The molecule has 146 heavy (non-hydrogen) atoms. The second kappa shape index (κ2) is 30.9. The molecule has 0 radical (unpaired) electrons. The quantitative estimate of drug-likeness (QED) is 0.133. The van der Waals surface area contributed by atoms with Crippen molar-refractivity contribution in [3.63, 3.8) is 0 Å². The van der Waals surface area contributed by atoms with Crippen molar-refractivity contribution < 1.29 is 35.3 Å². The van der Waals surface area contributed by atoms with Crippen molar-refractivity contribution in [2.45, 2.75) is 38.5 Å². The Kier molecular flexibility index (Phi) is 17.3. The Morgan fingerprint density at radius 2 is 0.363 bits per heavy atom. The minimum Gasteiger partial charge on any atom is -0.456 e. The van der Waals surface area contributed by atoms with Gasteiger partial charge in [-0.2, -0.15) is 0 Å². The van der Waals surface area contributed by atoms with Crippen LogP contribution in [0.15, 0.2) is 472 Å². The van der Waals surface area contributed by atoms with Crippen LogP contribution in [0, 0.1) is 0 Å². The molecular formula is C138H84O8. The van der Waals surface area contributed by atoms with Crippen molar-refractivity contribution in [3.8, 4) is 134 Å². The van der Waals surface area contributed by atoms with E-state index in [0.717, 1.165) is 242 Å². The normalized spacial score (nSPS) is 13.2. The van der Waals surface area contributed by atoms with Gasteiger partial charge in [0, 0.05) is 97.0 Å². The van der Waals surface area contributed by atoms with Crippen LogP contribution < -0.4 is 0 Å². The van der Waals surface area contributed by atoms with Crippen molar-refractivity contribution in [1.82, 2.24) is 0 Å². The maximum atomic E-state index is 6.73. The molecule has 0 saturated carbocycles. The van der Waals surface area contributed by atoms with Crippen molar-refractivity contribution >= 4 is 176 Å². The van der Waals surface area contributed by atoms with E-state index in [9.17, 15) is 0 Å². The molecule has 0 N–H and O–H groups in total. The zero-order valence-electron chi connectivity index (χ0n) is 79.8. The fourth-order valence-electron chi connectivity index (χ4n) is 24.4. The van der Waals surface area contributed by atoms with Crippen LogP contribution in [0.5, 0.6) is 0 Å². The van der Waals surface area contributed by atoms with Crippen LogP contribution in [0.3, 0.4) is 0 Å². The van der Waals surface area contributed by atoms with Crippen LogP contribution >= 0.6 is 0 Å². The lowest BCUT2D eigenvalue weighted by Crippen LogP contribution is -2.18. The molecule has 8 heterocycles. The van der Waals surface area contributed by atoms with Gasteiger partial charge in [0.05, 0.1) is 0 Å². The minimum absolute atomic E-state index is 0.246. The number of furan rings is 8. The summed E-state index contributed by atoms with van der Waals surface area (Å²) in [6, 6.07) is 157. The van der Waals surface area contributed by atoms with Gasteiger partial charge in [-0.1, -0.05) is 276 Å². The lowest BCUT2D eigenvalue weighted by molar-refractivity contribution is 0.633. The summed E-state index contributed by atoms with van der Waals surface area (Å²) in [4.78, 5) is 0. The van der Waals surface area contributed by atoms with Crippen molar-refractivity contribution in [2.24, 2.45) is 0 Å². The van der Waals surface area contributed by atoms with E-state index < -0.39 is 0 Å². The van der Waals surface area contributed by atoms with Gasteiger partial charge in [-0.05, 0) is 344 Å². The number of hydrogen-bond donors (Lipinski definition) is 0. The van der Waals surface area contributed by atoms with E-state index in [2.05, 4.69) is 434 Å². The summed E-state index contributed by atoms with van der Waals surface area (Å²) in [6.45, 7) is 9.71. The van der Waals surface area contributed by atoms with Crippen molar-refractivity contribution in [3.05, 3.63) is 459 Å². The molecule has 22 aromatic carbocycles. The van der Waals surface area contributed by atoms with Gasteiger partial charge in [0.1, 0.15) is 55.8 Å². The first kappa shape index (κ1) is 82.0. The Hall–Kier alpha value is -18.8. The minimum atomic E-state index is -0.282. The van der Waals surface area contributed by atoms with Crippen molar-refractivity contribution in [2.75, 3.05) is 0 Å². The molecule has 8 heteroatoms. The standard InChI is InChI=1S/C78H42O6.C60H42O2/c1-4-10-43(11-5-1)46-16-28-67-61(37-46)55-22-25-58-64-40-49(19-31-70(64)82-76(58)73(55)79-67)52-34-53(50-20-32-71-65(41-50)59-26-23-56-62-38-47(44-12-6-2-7-13-44)17-29-68(62)80-74(56)77(59)83-71)36-54(35-52)51-21-33-72-66(42-51)60-27-24-57-63-39-48(45-14-8-3-9-15-45)18-30-69(63)81-75(57)78(60)84-72;1-59(2)49-32-39(37-23-27-54-47(30-37)42-17-8-10-19-52(42)61-54)21-25-44(49)56-51(59)34-46(41-16-12-15-36(29-41)35-13-6-5-7-14-35)58-57(56)45-26-22-40(33-50(45)60(58,3)4)38-24-28-55-48(31-38)43-18-9-11-20-53(43)62-55/h1-42H;5-34H,1-4H3. The fourth-order valence-corrected chi connectivity index (χ4v) is 24.4. The lowest BCUT2D eigenvalue weighted by atomic mass is 9.75. The van der Waals surface area contributed by atoms with E-state index in [1.165, 1.54) is 89.0 Å². The van der Waals surface area contributed by atoms with Gasteiger partial charge < -0.3 is 35.3 Å². The molecule has 32 rings (SSSR count). The highest BCUT2D eigenvalue weighted by Gasteiger charge is 2.46. The largest absolute Gasteiger partial charge is 0.456 e. The van der Waals surface area contributed by atoms with E-state index in [-0.39, 0.29) is 10.8 Å². The highest BCUT2D eigenvalue weighted by Crippen LogP contribution is 2.63. The van der Waals surface area contributed by atoms with Crippen molar-refractivity contribution in [1.29, 1.82) is 0 Å². The molecule has 0 amide bonds. The number of fused-ring (bicyclic) bond motifs is 34. The SMILES string of the molecule is CC1(C)c2cc(-c3ccc4oc5ccccc5c4c3)ccc2-c2c1cc(-c1cccc(-c3ccccc3)c1)c1c2-c2ccc(-c3ccc4oc5ccccc5c4c3)cc2C1(C)C.c1ccc(-c2ccc3oc4c(ccc5c6cc(-c7cc(-c8ccc9oc%10c(ccc%11c%12cc(-c%13ccccc%13)ccc%12oc%11%10)c9c8)cc(-c8ccc9oc%10c(ccc%11c%12cc(-c%13ccccc%13)ccc%12oc%11%10)c9c8)c7)ccc6oc54)c3c2)cc1. The van der Waals surface area contributed by atoms with Crippen LogP contribution in [-0.2, 0) is 10.8 Å². The molecule has 0 bridgehead atoms. The third-order valence-electron chi connectivity index (χ3n) is 31.7. The summed E-state index contributed by atoms with van der Waals surface area (Å²) >= 11 is 0. The van der Waals surface area contributed by atoms with Gasteiger partial charge in [-0.25, -0.2) is 0 Å². The lowest BCUT2D eigenvalue weighted by Gasteiger charge is -2.28. The smallest absolute Gasteiger partial charge is 0.178 e. The van der Waals surface area contributed by atoms with Gasteiger partial charge in [0.2, 0.25) is 0 Å². The molecule has 2 aliphatic carbocycles. The third-order valence-corrected chi connectivity index (χ3v) is 31.7. The Labute approximate surface area is 836 Å². The topological polar surface area (TPSA) is 105 Å². The average molecular weight is 1870 g/mol. The molecule has 0 atom stereocenters. The molecule has 30 aromatic rings. The Balaban J connectivity index is 0.000000139. The Morgan fingerprint density at radius 3 is 0.699 bits per heavy atom. The molecule has 2 aliphatic rings. The fraction of sp³-hybridized carbons (Fsp3) is 0.0435. The number of para-hydroxylation sites is 2. The molecule has 684 valence electrons. The second-order valence-corrected chi connectivity index (χ2v) is 40.7. The average Bonchev–Trinajstić information content (AvgIpc) is 1.51. The predicted molar refractivity (Wildman–Crippen MR) is 601 cm³/mol. The zero-order chi connectivity index (χ0) is 96.2. The van der Waals surface area contributed by atoms with Crippen LogP contribution in [0.2, 0.25) is 0 Å². The Morgan fingerprint density at radius 1 is 0.130 bits per heavy atom. The molecule has 0 aliphatic heterocycles. The van der Waals surface area contributed by atoms with E-state index in [1.807, 2.05) is 30.3 Å². The van der Waals surface area contributed by atoms with E-state index >= 15 is 0 Å². The molecule has 0 fully saturated rings. The van der Waals surface area contributed by atoms with Crippen LogP contribution in [0.25, 0.3) is 309 Å². The van der Waals surface area contributed by atoms with E-state index in [0.29, 0.717) is 0 Å². The summed E-state index contributed by atoms with van der Waals surface area (Å²) in [6.07, 6.45) is 0. The molecular weight excluding hydrogens is 1790 g/mol. The van der Waals surface area contributed by atoms with Gasteiger partial charge in [-0.15, -0.1) is 0 Å². The number of rotatable bonds is 10. The first-order valence-electron chi connectivity index (χ1n) is 50.1. The zero-order valence-corrected chi connectivity index (χ0v) is 79.8. The first-order chi connectivity index (χ1) is 71.8. The third kappa shape index (κ3) is 12.4. The second-order valence-electron chi connectivity index (χ2n) is 40.7. The summed E-state index contributed by atoms with van der Waals surface area (Å²) in [5.74, 6) is 0. The van der Waals surface area contributed by atoms with Gasteiger partial charge in [0.15, 0.2) is 33.5 Å². The number of benzene rings is 22. The van der Waals surface area contributed by atoms with Crippen LogP contribution in [-0.4, -0.2) is 0 Å². The maximum absolute atomic E-state index is 6.73. The molecule has 8 nitrogen and oxygen atoms in total. The summed E-state index contributed by atoms with van der Waals surface area (Å²) in [5.41, 5.74) is 46.5. The molecule has 0 saturated heterocycles.